The van der Waals surface area contributed by atoms with Crippen LogP contribution in [0.1, 0.15) is 50.9 Å². The number of hydrogen-bond acceptors (Lipinski definition) is 6. The van der Waals surface area contributed by atoms with E-state index in [1.165, 1.54) is 11.1 Å². The third-order valence-electron chi connectivity index (χ3n) is 7.32. The molecule has 6 nitrogen and oxygen atoms in total. The molecule has 2 aromatic rings. The molecule has 1 saturated heterocycles. The molecule has 194 valence electrons. The summed E-state index contributed by atoms with van der Waals surface area (Å²) in [6.45, 7) is 11.4. The van der Waals surface area contributed by atoms with Crippen LogP contribution in [0.25, 0.3) is 0 Å². The third-order valence-corrected chi connectivity index (χ3v) is 7.32. The molecule has 1 fully saturated rings. The maximum Gasteiger partial charge on any atom is 0.118 e. The summed E-state index contributed by atoms with van der Waals surface area (Å²) in [5, 5.41) is 0. The highest BCUT2D eigenvalue weighted by atomic mass is 16.5. The van der Waals surface area contributed by atoms with Crippen LogP contribution in [0, 0.1) is 11.8 Å². The Bertz CT molecular complexity index is 811. The second-order valence-electron chi connectivity index (χ2n) is 10.1. The molecule has 0 aromatic heterocycles. The molecule has 3 rings (SSSR count). The van der Waals surface area contributed by atoms with E-state index in [1.54, 1.807) is 28.4 Å². The van der Waals surface area contributed by atoms with Crippen molar-refractivity contribution >= 4 is 0 Å². The van der Waals surface area contributed by atoms with Gasteiger partial charge in [0.2, 0.25) is 0 Å². The van der Waals surface area contributed by atoms with Gasteiger partial charge in [-0.3, -0.25) is 9.80 Å². The summed E-state index contributed by atoms with van der Waals surface area (Å²) in [5.74, 6) is 2.61. The Morgan fingerprint density at radius 3 is 1.23 bits per heavy atom. The standard InChI is InChI=1S/C29H44N2O4/c1-20(2)26(17-32-5)30-19-31(27(18-33-6)21(3)4)29(23-11-15-25(35-8)16-12-23)28(30)22-9-13-24(34-7)14-10-22/h9-16,20-21,26-29H,17-19H2,1-8H3/t26-,27-,28-,29-/m1/s1. The van der Waals surface area contributed by atoms with Crippen molar-refractivity contribution in [3.05, 3.63) is 59.7 Å². The van der Waals surface area contributed by atoms with Crippen molar-refractivity contribution < 1.29 is 18.9 Å². The van der Waals surface area contributed by atoms with Crippen LogP contribution in [0.2, 0.25) is 0 Å². The van der Waals surface area contributed by atoms with Crippen molar-refractivity contribution in [2.75, 3.05) is 48.3 Å². The monoisotopic (exact) mass is 484 g/mol. The first-order chi connectivity index (χ1) is 16.9. The van der Waals surface area contributed by atoms with E-state index >= 15 is 0 Å². The molecule has 1 aliphatic heterocycles. The molecule has 6 heteroatoms. The highest BCUT2D eigenvalue weighted by molar-refractivity contribution is 5.36. The van der Waals surface area contributed by atoms with Crippen molar-refractivity contribution in [3.63, 3.8) is 0 Å². The van der Waals surface area contributed by atoms with Gasteiger partial charge in [0.15, 0.2) is 0 Å². The van der Waals surface area contributed by atoms with Crippen LogP contribution < -0.4 is 9.47 Å². The molecule has 4 atom stereocenters. The zero-order chi connectivity index (χ0) is 25.5. The zero-order valence-electron chi connectivity index (χ0n) is 22.7. The molecule has 0 bridgehead atoms. The average molecular weight is 485 g/mol. The number of rotatable bonds is 12. The number of ether oxygens (including phenoxy) is 4. The fourth-order valence-electron chi connectivity index (χ4n) is 5.38. The molecule has 1 heterocycles. The van der Waals surface area contributed by atoms with Gasteiger partial charge in [-0.2, -0.15) is 0 Å². The van der Waals surface area contributed by atoms with Gasteiger partial charge in [-0.25, -0.2) is 0 Å². The van der Waals surface area contributed by atoms with Gasteiger partial charge in [0.1, 0.15) is 11.5 Å². The SMILES string of the molecule is COC[C@H](C(C)C)N1CN([C@H](COC)C(C)C)[C@H](c2ccc(OC)cc2)[C@H]1c1ccc(OC)cc1. The summed E-state index contributed by atoms with van der Waals surface area (Å²) < 4.78 is 22.4. The maximum absolute atomic E-state index is 5.74. The second kappa shape index (κ2) is 12.7. The van der Waals surface area contributed by atoms with Crippen molar-refractivity contribution in [3.8, 4) is 11.5 Å². The van der Waals surface area contributed by atoms with E-state index in [2.05, 4.69) is 86.0 Å². The molecule has 2 aromatic carbocycles. The van der Waals surface area contributed by atoms with Crippen LogP contribution in [0.5, 0.6) is 11.5 Å². The second-order valence-corrected chi connectivity index (χ2v) is 10.1. The summed E-state index contributed by atoms with van der Waals surface area (Å²) in [5.41, 5.74) is 2.55. The number of nitrogens with zero attached hydrogens (tertiary/aromatic N) is 2. The van der Waals surface area contributed by atoms with Crippen molar-refractivity contribution in [1.82, 2.24) is 9.80 Å². The zero-order valence-corrected chi connectivity index (χ0v) is 22.7. The molecular weight excluding hydrogens is 440 g/mol. The number of benzene rings is 2. The molecule has 0 spiro atoms. The minimum atomic E-state index is 0.148. The van der Waals surface area contributed by atoms with Crippen LogP contribution >= 0.6 is 0 Å². The van der Waals surface area contributed by atoms with Crippen LogP contribution in [-0.4, -0.2) is 70.2 Å². The van der Waals surface area contributed by atoms with Gasteiger partial charge in [-0.1, -0.05) is 52.0 Å². The van der Waals surface area contributed by atoms with E-state index in [4.69, 9.17) is 18.9 Å². The summed E-state index contributed by atoms with van der Waals surface area (Å²) in [6, 6.07) is 17.9. The molecule has 1 aliphatic rings. The van der Waals surface area contributed by atoms with E-state index < -0.39 is 0 Å². The molecule has 0 aliphatic carbocycles. The van der Waals surface area contributed by atoms with Gasteiger partial charge in [0.25, 0.3) is 0 Å². The van der Waals surface area contributed by atoms with Gasteiger partial charge >= 0.3 is 0 Å². The Balaban J connectivity index is 2.18. The molecule has 0 amide bonds. The molecular formula is C29H44N2O4. The predicted molar refractivity (Wildman–Crippen MR) is 141 cm³/mol. The fraction of sp³-hybridized carbons (Fsp3) is 0.586. The van der Waals surface area contributed by atoms with Crippen LogP contribution in [0.4, 0.5) is 0 Å². The van der Waals surface area contributed by atoms with E-state index in [1.807, 2.05) is 0 Å². The minimum Gasteiger partial charge on any atom is -0.497 e. The topological polar surface area (TPSA) is 43.4 Å². The van der Waals surface area contributed by atoms with Gasteiger partial charge in [0.05, 0.1) is 46.2 Å². The first kappa shape index (κ1) is 27.5. The lowest BCUT2D eigenvalue weighted by atomic mass is 9.89. The third kappa shape index (κ3) is 6.18. The summed E-state index contributed by atoms with van der Waals surface area (Å²) in [7, 11) is 7.02. The Hall–Kier alpha value is -2.12. The predicted octanol–water partition coefficient (Wildman–Crippen LogP) is 5.40. The van der Waals surface area contributed by atoms with Crippen LogP contribution in [0.15, 0.2) is 48.5 Å². The van der Waals surface area contributed by atoms with Crippen molar-refractivity contribution in [2.24, 2.45) is 11.8 Å². The molecule has 35 heavy (non-hydrogen) atoms. The summed E-state index contributed by atoms with van der Waals surface area (Å²) in [4.78, 5) is 5.27. The molecule has 0 N–H and O–H groups in total. The van der Waals surface area contributed by atoms with Gasteiger partial charge < -0.3 is 18.9 Å². The van der Waals surface area contributed by atoms with E-state index in [9.17, 15) is 0 Å². The van der Waals surface area contributed by atoms with Crippen molar-refractivity contribution in [2.45, 2.75) is 51.9 Å². The Morgan fingerprint density at radius 1 is 0.629 bits per heavy atom. The van der Waals surface area contributed by atoms with E-state index in [0.29, 0.717) is 25.0 Å². The van der Waals surface area contributed by atoms with Gasteiger partial charge in [-0.15, -0.1) is 0 Å². The highest BCUT2D eigenvalue weighted by Crippen LogP contribution is 2.48. The normalized spacial score (nSPS) is 21.0. The molecule has 0 unspecified atom stereocenters. The highest BCUT2D eigenvalue weighted by Gasteiger charge is 2.47. The number of hydrogen-bond donors (Lipinski definition) is 0. The Morgan fingerprint density at radius 2 is 0.971 bits per heavy atom. The van der Waals surface area contributed by atoms with Gasteiger partial charge in [-0.05, 0) is 47.2 Å². The summed E-state index contributed by atoms with van der Waals surface area (Å²) in [6.07, 6.45) is 0. The number of methoxy groups -OCH3 is 4. The average Bonchev–Trinajstić information content (AvgIpc) is 3.25. The van der Waals surface area contributed by atoms with E-state index in [0.717, 1.165) is 18.2 Å². The lowest BCUT2D eigenvalue weighted by Gasteiger charge is -2.37. The Labute approximate surface area is 212 Å². The van der Waals surface area contributed by atoms with Crippen molar-refractivity contribution in [1.29, 1.82) is 0 Å². The van der Waals surface area contributed by atoms with E-state index in [-0.39, 0.29) is 24.2 Å². The Kier molecular flexibility index (Phi) is 9.99. The maximum atomic E-state index is 5.74. The van der Waals surface area contributed by atoms with Crippen LogP contribution in [-0.2, 0) is 9.47 Å². The van der Waals surface area contributed by atoms with Gasteiger partial charge in [0, 0.05) is 26.3 Å². The summed E-state index contributed by atoms with van der Waals surface area (Å²) >= 11 is 0. The largest absolute Gasteiger partial charge is 0.497 e. The van der Waals surface area contributed by atoms with Crippen LogP contribution in [0.3, 0.4) is 0 Å². The molecule has 0 radical (unpaired) electrons. The quantitative estimate of drug-likeness (QED) is 0.402. The smallest absolute Gasteiger partial charge is 0.118 e. The molecule has 0 saturated carbocycles. The first-order valence-corrected chi connectivity index (χ1v) is 12.6. The first-order valence-electron chi connectivity index (χ1n) is 12.6. The minimum absolute atomic E-state index is 0.148. The lowest BCUT2D eigenvalue weighted by Crippen LogP contribution is -2.45. The lowest BCUT2D eigenvalue weighted by molar-refractivity contribution is 0.0273. The fourth-order valence-corrected chi connectivity index (χ4v) is 5.38.